The second kappa shape index (κ2) is 7.58. The van der Waals surface area contributed by atoms with Crippen molar-refractivity contribution in [1.82, 2.24) is 9.78 Å². The Bertz CT molecular complexity index is 1110. The Hall–Kier alpha value is -3.17. The van der Waals surface area contributed by atoms with Crippen LogP contribution in [-0.2, 0) is 17.8 Å². The normalized spacial score (nSPS) is 18.6. The fraction of sp³-hybridized carbons (Fsp3) is 0.300. The Kier molecular flexibility index (Phi) is 5.08. The molecule has 0 N–H and O–H groups in total. The summed E-state index contributed by atoms with van der Waals surface area (Å²) < 4.78 is 20.8. The van der Waals surface area contributed by atoms with Crippen LogP contribution in [-0.4, -0.2) is 35.0 Å². The number of rotatable bonds is 4. The monoisotopic (exact) mass is 430 g/mol. The lowest BCUT2D eigenvalue weighted by Crippen LogP contribution is -3.00. The molecule has 0 amide bonds. The third kappa shape index (κ3) is 2.98. The molecule has 1 aliphatic heterocycles. The number of methoxy groups -OCH3 is 2. The van der Waals surface area contributed by atoms with Crippen molar-refractivity contribution in [1.29, 1.82) is 0 Å². The first kappa shape index (κ1) is 20.1. The standard InChI is InChI=1S/C20H19N4O5.ClH/c1-27-15-4-3-5-16(28-2)20(15)23-11-22-18(21-23)10-29-17-8-12-6-7-13(24(25)26)9-14(12)19(17)22;/h3-7,9,11,17,19H,8,10H2,1-2H3;1H/q+1;/p-1/t17-,19+;/m1./s1. The van der Waals surface area contributed by atoms with E-state index in [4.69, 9.17) is 14.2 Å². The number of nitro benzene ring substituents is 1. The summed E-state index contributed by atoms with van der Waals surface area (Å²) in [5, 5.41) is 15.9. The Morgan fingerprint density at radius 3 is 2.63 bits per heavy atom. The van der Waals surface area contributed by atoms with Crippen LogP contribution in [0.3, 0.4) is 0 Å². The molecular formula is C20H19ClN4O5. The van der Waals surface area contributed by atoms with Crippen LogP contribution in [0.1, 0.15) is 23.0 Å². The minimum atomic E-state index is -0.369. The van der Waals surface area contributed by atoms with E-state index in [-0.39, 0.29) is 35.2 Å². The maximum atomic E-state index is 11.3. The van der Waals surface area contributed by atoms with Crippen molar-refractivity contribution in [3.8, 4) is 17.2 Å². The van der Waals surface area contributed by atoms with Crippen molar-refractivity contribution in [3.05, 3.63) is 69.8 Å². The molecule has 0 radical (unpaired) electrons. The molecule has 0 unspecified atom stereocenters. The van der Waals surface area contributed by atoms with E-state index in [1.165, 1.54) is 0 Å². The zero-order valence-electron chi connectivity index (χ0n) is 16.3. The zero-order chi connectivity index (χ0) is 20.1. The van der Waals surface area contributed by atoms with Gasteiger partial charge in [-0.25, -0.2) is 4.57 Å². The van der Waals surface area contributed by atoms with Gasteiger partial charge in [-0.2, -0.15) is 0 Å². The number of benzene rings is 2. The fourth-order valence-corrected chi connectivity index (χ4v) is 4.23. The van der Waals surface area contributed by atoms with Crippen molar-refractivity contribution < 1.29 is 36.1 Å². The lowest BCUT2D eigenvalue weighted by Gasteiger charge is -2.23. The number of ether oxygens (including phenoxy) is 3. The average molecular weight is 431 g/mol. The van der Waals surface area contributed by atoms with E-state index < -0.39 is 0 Å². The second-order valence-electron chi connectivity index (χ2n) is 7.03. The van der Waals surface area contributed by atoms with Gasteiger partial charge in [0, 0.05) is 29.2 Å². The summed E-state index contributed by atoms with van der Waals surface area (Å²) in [5.74, 6) is 1.99. The van der Waals surface area contributed by atoms with Crippen molar-refractivity contribution >= 4 is 5.69 Å². The predicted octanol–water partition coefficient (Wildman–Crippen LogP) is -0.866. The highest BCUT2D eigenvalue weighted by Gasteiger charge is 2.44. The first-order valence-electron chi connectivity index (χ1n) is 9.20. The molecule has 3 aromatic rings. The van der Waals surface area contributed by atoms with E-state index in [2.05, 4.69) is 5.10 Å². The van der Waals surface area contributed by atoms with Crippen LogP contribution < -0.4 is 26.4 Å². The highest BCUT2D eigenvalue weighted by atomic mass is 35.5. The number of fused-ring (bicyclic) bond motifs is 5. The molecule has 0 bridgehead atoms. The molecular weight excluding hydrogens is 412 g/mol. The average Bonchev–Trinajstić information content (AvgIpc) is 3.32. The molecule has 2 heterocycles. The predicted molar refractivity (Wildman–Crippen MR) is 100 cm³/mol. The van der Waals surface area contributed by atoms with Crippen molar-refractivity contribution in [2.75, 3.05) is 14.2 Å². The van der Waals surface area contributed by atoms with Gasteiger partial charge < -0.3 is 26.6 Å². The maximum Gasteiger partial charge on any atom is 0.304 e. The van der Waals surface area contributed by atoms with E-state index >= 15 is 0 Å². The van der Waals surface area contributed by atoms with Gasteiger partial charge >= 0.3 is 5.82 Å². The summed E-state index contributed by atoms with van der Waals surface area (Å²) in [6.07, 6.45) is 2.51. The quantitative estimate of drug-likeness (QED) is 0.304. The molecule has 30 heavy (non-hydrogen) atoms. The molecule has 156 valence electrons. The van der Waals surface area contributed by atoms with Crippen LogP contribution in [0.4, 0.5) is 5.69 Å². The number of nitrogens with zero attached hydrogens (tertiary/aromatic N) is 4. The zero-order valence-corrected chi connectivity index (χ0v) is 17.1. The summed E-state index contributed by atoms with van der Waals surface area (Å²) in [6, 6.07) is 10.4. The minimum Gasteiger partial charge on any atom is -1.00 e. The van der Waals surface area contributed by atoms with E-state index in [9.17, 15) is 10.1 Å². The third-order valence-corrected chi connectivity index (χ3v) is 5.54. The number of hydrogen-bond acceptors (Lipinski definition) is 6. The number of aromatic nitrogens is 3. The molecule has 0 fully saturated rings. The van der Waals surface area contributed by atoms with Crippen LogP contribution in [0.25, 0.3) is 5.69 Å². The number of para-hydroxylation sites is 1. The summed E-state index contributed by atoms with van der Waals surface area (Å²) in [7, 11) is 3.20. The number of non-ortho nitro benzene ring substituents is 1. The van der Waals surface area contributed by atoms with E-state index in [1.54, 1.807) is 31.0 Å². The lowest BCUT2D eigenvalue weighted by molar-refractivity contribution is -0.739. The molecule has 5 rings (SSSR count). The lowest BCUT2D eigenvalue weighted by atomic mass is 10.1. The SMILES string of the molecule is COc1cccc(OC)c1-n1c[n+]2c(n1)CO[C@@H]1Cc3ccc([N+](=O)[O-])cc3[C@@H]12.[Cl-]. The number of halogens is 1. The summed E-state index contributed by atoms with van der Waals surface area (Å²) in [5.41, 5.74) is 2.74. The molecule has 2 atom stereocenters. The number of nitro groups is 1. The van der Waals surface area contributed by atoms with Gasteiger partial charge in [0.05, 0.1) is 19.1 Å². The summed E-state index contributed by atoms with van der Waals surface area (Å²) >= 11 is 0. The van der Waals surface area contributed by atoms with Gasteiger partial charge in [0.2, 0.25) is 12.0 Å². The molecule has 2 aromatic carbocycles. The van der Waals surface area contributed by atoms with Crippen molar-refractivity contribution in [2.45, 2.75) is 25.2 Å². The Morgan fingerprint density at radius 1 is 1.23 bits per heavy atom. The van der Waals surface area contributed by atoms with Gasteiger partial charge in [0.15, 0.2) is 11.5 Å². The first-order chi connectivity index (χ1) is 14.1. The molecule has 1 aliphatic carbocycles. The Balaban J connectivity index is 0.00000218. The first-order valence-corrected chi connectivity index (χ1v) is 9.20. The Morgan fingerprint density at radius 2 is 1.97 bits per heavy atom. The van der Waals surface area contributed by atoms with Gasteiger partial charge in [-0.3, -0.25) is 10.1 Å². The molecule has 0 saturated carbocycles. The van der Waals surface area contributed by atoms with Gasteiger partial charge in [0.25, 0.3) is 5.69 Å². The highest BCUT2D eigenvalue weighted by Crippen LogP contribution is 2.38. The Labute approximate surface area is 178 Å². The van der Waals surface area contributed by atoms with Crippen LogP contribution >= 0.6 is 0 Å². The van der Waals surface area contributed by atoms with Crippen molar-refractivity contribution in [2.24, 2.45) is 0 Å². The van der Waals surface area contributed by atoms with Crippen LogP contribution in [0, 0.1) is 10.1 Å². The van der Waals surface area contributed by atoms with Gasteiger partial charge in [-0.1, -0.05) is 16.8 Å². The largest absolute Gasteiger partial charge is 1.00 e. The second-order valence-corrected chi connectivity index (χ2v) is 7.03. The highest BCUT2D eigenvalue weighted by molar-refractivity contribution is 5.56. The van der Waals surface area contributed by atoms with Gasteiger partial charge in [-0.05, 0) is 17.7 Å². The van der Waals surface area contributed by atoms with E-state index in [0.717, 1.165) is 17.0 Å². The minimum absolute atomic E-state index is 0. The van der Waals surface area contributed by atoms with Crippen LogP contribution in [0.15, 0.2) is 42.7 Å². The molecule has 1 aromatic heterocycles. The van der Waals surface area contributed by atoms with Gasteiger partial charge in [-0.15, -0.1) is 0 Å². The van der Waals surface area contributed by atoms with E-state index in [1.807, 2.05) is 35.2 Å². The molecule has 9 nitrogen and oxygen atoms in total. The fourth-order valence-electron chi connectivity index (χ4n) is 4.23. The summed E-state index contributed by atoms with van der Waals surface area (Å²) in [6.45, 7) is 0.363. The molecule has 0 saturated heterocycles. The molecule has 2 aliphatic rings. The van der Waals surface area contributed by atoms with Crippen molar-refractivity contribution in [3.63, 3.8) is 0 Å². The maximum absolute atomic E-state index is 11.3. The van der Waals surface area contributed by atoms with E-state index in [0.29, 0.717) is 30.2 Å². The molecule has 10 heteroatoms. The topological polar surface area (TPSA) is 92.5 Å². The third-order valence-electron chi connectivity index (χ3n) is 5.54. The summed E-state index contributed by atoms with van der Waals surface area (Å²) in [4.78, 5) is 10.9. The van der Waals surface area contributed by atoms with Gasteiger partial charge in [0.1, 0.15) is 18.8 Å². The van der Waals surface area contributed by atoms with Crippen LogP contribution in [0.5, 0.6) is 11.5 Å². The number of hydrogen-bond donors (Lipinski definition) is 0. The smallest absolute Gasteiger partial charge is 0.304 e. The van der Waals surface area contributed by atoms with Crippen LogP contribution in [0.2, 0.25) is 0 Å². The molecule has 0 spiro atoms.